The third-order valence-corrected chi connectivity index (χ3v) is 3.60. The fraction of sp³-hybridized carbons (Fsp3) is 0.235. The van der Waals surface area contributed by atoms with E-state index in [4.69, 9.17) is 16.3 Å². The van der Waals surface area contributed by atoms with E-state index in [9.17, 15) is 4.79 Å². The van der Waals surface area contributed by atoms with Gasteiger partial charge in [0.25, 0.3) is 0 Å². The van der Waals surface area contributed by atoms with Crippen LogP contribution in [0.15, 0.2) is 48.5 Å². The van der Waals surface area contributed by atoms with Crippen LogP contribution in [-0.4, -0.2) is 18.9 Å². The van der Waals surface area contributed by atoms with Crippen molar-refractivity contribution >= 4 is 23.2 Å². The third-order valence-electron chi connectivity index (χ3n) is 3.37. The molecule has 0 aliphatic heterocycles. The predicted molar refractivity (Wildman–Crippen MR) is 86.1 cm³/mol. The van der Waals surface area contributed by atoms with E-state index in [2.05, 4.69) is 0 Å². The number of hydrogen-bond acceptors (Lipinski definition) is 2. The van der Waals surface area contributed by atoms with Gasteiger partial charge in [-0.25, -0.2) is 0 Å². The lowest BCUT2D eigenvalue weighted by Crippen LogP contribution is -2.31. The molecule has 0 fully saturated rings. The fourth-order valence-electron chi connectivity index (χ4n) is 2.13. The van der Waals surface area contributed by atoms with Gasteiger partial charge in [0, 0.05) is 11.8 Å². The number of benzene rings is 2. The maximum Gasteiger partial charge on any atom is 0.242 e. The maximum atomic E-state index is 12.2. The lowest BCUT2D eigenvalue weighted by atomic mass is 10.1. The Kier molecular flexibility index (Phi) is 5.23. The first-order valence-electron chi connectivity index (χ1n) is 6.70. The standard InChI is InChI=1S/C17H18ClNO2/c1-13-6-3-4-7-14(13)12-19(17(20)11-18)15-8-5-9-16(10-15)21-2/h3-10H,11-12H2,1-2H3. The van der Waals surface area contributed by atoms with Crippen LogP contribution < -0.4 is 9.64 Å². The van der Waals surface area contributed by atoms with Crippen LogP contribution in [0.4, 0.5) is 5.69 Å². The Hall–Kier alpha value is -2.00. The first-order chi connectivity index (χ1) is 10.2. The van der Waals surface area contributed by atoms with E-state index < -0.39 is 0 Å². The van der Waals surface area contributed by atoms with Gasteiger partial charge in [-0.2, -0.15) is 0 Å². The van der Waals surface area contributed by atoms with Crippen molar-refractivity contribution in [2.45, 2.75) is 13.5 Å². The summed E-state index contributed by atoms with van der Waals surface area (Å²) in [5.74, 6) is 0.529. The van der Waals surface area contributed by atoms with Gasteiger partial charge < -0.3 is 9.64 Å². The summed E-state index contributed by atoms with van der Waals surface area (Å²) in [6.45, 7) is 2.52. The summed E-state index contributed by atoms with van der Waals surface area (Å²) < 4.78 is 5.22. The smallest absolute Gasteiger partial charge is 0.242 e. The van der Waals surface area contributed by atoms with Crippen LogP contribution in [0.2, 0.25) is 0 Å². The number of aryl methyl sites for hydroxylation is 1. The van der Waals surface area contributed by atoms with Crippen LogP contribution in [0.5, 0.6) is 5.75 Å². The third kappa shape index (κ3) is 3.76. The number of carbonyl (C=O) groups excluding carboxylic acids is 1. The van der Waals surface area contributed by atoms with Gasteiger partial charge in [-0.3, -0.25) is 4.79 Å². The van der Waals surface area contributed by atoms with E-state index in [1.807, 2.05) is 55.5 Å². The van der Waals surface area contributed by atoms with Gasteiger partial charge in [0.15, 0.2) is 0 Å². The van der Waals surface area contributed by atoms with Crippen LogP contribution in [0, 0.1) is 6.92 Å². The lowest BCUT2D eigenvalue weighted by molar-refractivity contribution is -0.116. The molecule has 110 valence electrons. The SMILES string of the molecule is COc1cccc(N(Cc2ccccc2C)C(=O)CCl)c1. The Morgan fingerprint density at radius 2 is 1.95 bits per heavy atom. The summed E-state index contributed by atoms with van der Waals surface area (Å²) in [6, 6.07) is 15.4. The Labute approximate surface area is 130 Å². The van der Waals surface area contributed by atoms with Crippen molar-refractivity contribution in [3.63, 3.8) is 0 Å². The molecule has 4 heteroatoms. The number of halogens is 1. The number of nitrogens with zero attached hydrogens (tertiary/aromatic N) is 1. The van der Waals surface area contributed by atoms with Gasteiger partial charge in [-0.15, -0.1) is 11.6 Å². The first-order valence-corrected chi connectivity index (χ1v) is 7.24. The largest absolute Gasteiger partial charge is 0.497 e. The molecule has 0 heterocycles. The molecule has 21 heavy (non-hydrogen) atoms. The van der Waals surface area contributed by atoms with Crippen molar-refractivity contribution in [3.05, 3.63) is 59.7 Å². The maximum absolute atomic E-state index is 12.2. The van der Waals surface area contributed by atoms with Crippen molar-refractivity contribution in [1.29, 1.82) is 0 Å². The topological polar surface area (TPSA) is 29.5 Å². The second-order valence-corrected chi connectivity index (χ2v) is 5.01. The van der Waals surface area contributed by atoms with E-state index >= 15 is 0 Å². The molecular weight excluding hydrogens is 286 g/mol. The summed E-state index contributed by atoms with van der Waals surface area (Å²) in [6.07, 6.45) is 0. The number of alkyl halides is 1. The average molecular weight is 304 g/mol. The minimum atomic E-state index is -0.131. The van der Waals surface area contributed by atoms with E-state index in [0.717, 1.165) is 16.8 Å². The summed E-state index contributed by atoms with van der Waals surface area (Å²) in [4.78, 5) is 13.9. The zero-order valence-corrected chi connectivity index (χ0v) is 12.9. The molecular formula is C17H18ClNO2. The lowest BCUT2D eigenvalue weighted by Gasteiger charge is -2.23. The monoisotopic (exact) mass is 303 g/mol. The predicted octanol–water partition coefficient (Wildman–Crippen LogP) is 3.78. The van der Waals surface area contributed by atoms with Crippen LogP contribution >= 0.6 is 11.6 Å². The van der Waals surface area contributed by atoms with Gasteiger partial charge in [-0.05, 0) is 30.2 Å². The zero-order valence-electron chi connectivity index (χ0n) is 12.2. The molecule has 0 aliphatic rings. The van der Waals surface area contributed by atoms with Gasteiger partial charge in [0.2, 0.25) is 5.91 Å². The zero-order chi connectivity index (χ0) is 15.2. The minimum Gasteiger partial charge on any atom is -0.497 e. The number of hydrogen-bond donors (Lipinski definition) is 0. The van der Waals surface area contributed by atoms with Gasteiger partial charge in [-0.1, -0.05) is 30.3 Å². The molecule has 0 saturated heterocycles. The second kappa shape index (κ2) is 7.14. The molecule has 0 radical (unpaired) electrons. The summed E-state index contributed by atoms with van der Waals surface area (Å²) in [5.41, 5.74) is 3.02. The van der Waals surface area contributed by atoms with Crippen LogP contribution in [0.3, 0.4) is 0 Å². The van der Waals surface area contributed by atoms with E-state index in [-0.39, 0.29) is 11.8 Å². The minimum absolute atomic E-state index is 0.0525. The number of anilines is 1. The summed E-state index contributed by atoms with van der Waals surface area (Å²) in [5, 5.41) is 0. The molecule has 0 N–H and O–H groups in total. The van der Waals surface area contributed by atoms with Gasteiger partial charge in [0.05, 0.1) is 13.7 Å². The molecule has 0 saturated carbocycles. The Morgan fingerprint density at radius 1 is 1.19 bits per heavy atom. The van der Waals surface area contributed by atoms with E-state index in [1.54, 1.807) is 12.0 Å². The molecule has 0 aliphatic carbocycles. The molecule has 0 unspecified atom stereocenters. The quantitative estimate of drug-likeness (QED) is 0.787. The Bertz CT molecular complexity index is 628. The molecule has 2 rings (SSSR count). The Balaban J connectivity index is 2.34. The van der Waals surface area contributed by atoms with E-state index in [0.29, 0.717) is 12.3 Å². The number of rotatable bonds is 5. The van der Waals surface area contributed by atoms with Crippen LogP contribution in [0.1, 0.15) is 11.1 Å². The number of methoxy groups -OCH3 is 1. The normalized spacial score (nSPS) is 10.2. The van der Waals surface area contributed by atoms with Crippen LogP contribution in [-0.2, 0) is 11.3 Å². The molecule has 2 aromatic rings. The fourth-order valence-corrected chi connectivity index (χ4v) is 2.28. The number of ether oxygens (including phenoxy) is 1. The van der Waals surface area contributed by atoms with Crippen molar-refractivity contribution < 1.29 is 9.53 Å². The van der Waals surface area contributed by atoms with Gasteiger partial charge in [0.1, 0.15) is 11.6 Å². The second-order valence-electron chi connectivity index (χ2n) is 4.74. The molecule has 0 aromatic heterocycles. The molecule has 0 atom stereocenters. The molecule has 0 spiro atoms. The van der Waals surface area contributed by atoms with Crippen molar-refractivity contribution in [3.8, 4) is 5.75 Å². The molecule has 0 bridgehead atoms. The number of amides is 1. The van der Waals surface area contributed by atoms with Crippen molar-refractivity contribution in [2.24, 2.45) is 0 Å². The van der Waals surface area contributed by atoms with Crippen molar-refractivity contribution in [1.82, 2.24) is 0 Å². The highest BCUT2D eigenvalue weighted by Crippen LogP contribution is 2.24. The highest BCUT2D eigenvalue weighted by Gasteiger charge is 2.16. The van der Waals surface area contributed by atoms with Crippen LogP contribution in [0.25, 0.3) is 0 Å². The highest BCUT2D eigenvalue weighted by atomic mass is 35.5. The molecule has 2 aromatic carbocycles. The van der Waals surface area contributed by atoms with Crippen molar-refractivity contribution in [2.75, 3.05) is 17.9 Å². The highest BCUT2D eigenvalue weighted by molar-refractivity contribution is 6.29. The number of carbonyl (C=O) groups is 1. The summed E-state index contributed by atoms with van der Waals surface area (Å²) in [7, 11) is 1.61. The first kappa shape index (κ1) is 15.4. The van der Waals surface area contributed by atoms with E-state index in [1.165, 1.54) is 0 Å². The molecule has 3 nitrogen and oxygen atoms in total. The summed E-state index contributed by atoms with van der Waals surface area (Å²) >= 11 is 5.75. The average Bonchev–Trinajstić information content (AvgIpc) is 2.53. The Morgan fingerprint density at radius 3 is 2.62 bits per heavy atom. The van der Waals surface area contributed by atoms with Gasteiger partial charge >= 0.3 is 0 Å². The molecule has 1 amide bonds.